The van der Waals surface area contributed by atoms with Crippen LogP contribution in [0.2, 0.25) is 0 Å². The van der Waals surface area contributed by atoms with Gasteiger partial charge in [-0.15, -0.1) is 0 Å². The first-order valence-electron chi connectivity index (χ1n) is 6.84. The predicted octanol–water partition coefficient (Wildman–Crippen LogP) is 4.48. The molecule has 0 fully saturated rings. The molecule has 4 heteroatoms. The third-order valence-corrected chi connectivity index (χ3v) is 4.08. The van der Waals surface area contributed by atoms with Crippen LogP contribution in [0.1, 0.15) is 30.1 Å². The number of nitrogens with zero attached hydrogens (tertiary/aromatic N) is 1. The van der Waals surface area contributed by atoms with Crippen LogP contribution in [-0.4, -0.2) is 11.6 Å². The number of hydrogen-bond donors (Lipinski definition) is 1. The molecule has 0 bridgehead atoms. The highest BCUT2D eigenvalue weighted by Gasteiger charge is 2.20. The van der Waals surface area contributed by atoms with Gasteiger partial charge in [-0.05, 0) is 44.0 Å². The van der Waals surface area contributed by atoms with Crippen molar-refractivity contribution in [3.8, 4) is 5.75 Å². The molecule has 2 heterocycles. The number of ether oxygens (including phenoxy) is 1. The highest BCUT2D eigenvalue weighted by atomic mass is 79.9. The van der Waals surface area contributed by atoms with Crippen LogP contribution < -0.4 is 10.1 Å². The maximum Gasteiger partial charge on any atom is 0.125 e. The normalized spacial score (nSPS) is 17.8. The van der Waals surface area contributed by atoms with E-state index in [-0.39, 0.29) is 6.04 Å². The molecule has 0 aliphatic carbocycles. The van der Waals surface area contributed by atoms with E-state index in [9.17, 15) is 0 Å². The van der Waals surface area contributed by atoms with Crippen molar-refractivity contribution in [2.45, 2.75) is 25.8 Å². The number of halogens is 1. The number of aromatic nitrogens is 1. The topological polar surface area (TPSA) is 34.2 Å². The Kier molecular flexibility index (Phi) is 3.92. The molecule has 20 heavy (non-hydrogen) atoms. The SMILES string of the molecule is Cc1ncccc1NC1CCCOc2cc(Br)ccc21. The van der Waals surface area contributed by atoms with Crippen LogP contribution in [0.4, 0.5) is 5.69 Å². The number of benzene rings is 1. The van der Waals surface area contributed by atoms with Crippen LogP contribution in [-0.2, 0) is 0 Å². The molecule has 1 N–H and O–H groups in total. The van der Waals surface area contributed by atoms with Gasteiger partial charge in [0.25, 0.3) is 0 Å². The summed E-state index contributed by atoms with van der Waals surface area (Å²) in [4.78, 5) is 4.34. The van der Waals surface area contributed by atoms with E-state index >= 15 is 0 Å². The van der Waals surface area contributed by atoms with E-state index in [1.807, 2.05) is 25.3 Å². The molecule has 1 atom stereocenters. The maximum atomic E-state index is 5.84. The molecule has 0 saturated carbocycles. The molecule has 1 aromatic heterocycles. The van der Waals surface area contributed by atoms with Crippen molar-refractivity contribution in [1.29, 1.82) is 0 Å². The van der Waals surface area contributed by atoms with Crippen LogP contribution in [0.15, 0.2) is 41.0 Å². The summed E-state index contributed by atoms with van der Waals surface area (Å²) in [7, 11) is 0. The van der Waals surface area contributed by atoms with Gasteiger partial charge in [-0.1, -0.05) is 22.0 Å². The minimum absolute atomic E-state index is 0.267. The van der Waals surface area contributed by atoms with Crippen molar-refractivity contribution in [2.24, 2.45) is 0 Å². The fourth-order valence-electron chi connectivity index (χ4n) is 2.52. The monoisotopic (exact) mass is 332 g/mol. The lowest BCUT2D eigenvalue weighted by Gasteiger charge is -2.20. The highest BCUT2D eigenvalue weighted by molar-refractivity contribution is 9.10. The van der Waals surface area contributed by atoms with Crippen molar-refractivity contribution >= 4 is 21.6 Å². The second-order valence-corrected chi connectivity index (χ2v) is 5.92. The lowest BCUT2D eigenvalue weighted by molar-refractivity contribution is 0.316. The molecule has 3 nitrogen and oxygen atoms in total. The zero-order valence-corrected chi connectivity index (χ0v) is 13.0. The van der Waals surface area contributed by atoms with E-state index in [1.165, 1.54) is 5.56 Å². The fraction of sp³-hybridized carbons (Fsp3) is 0.312. The van der Waals surface area contributed by atoms with Gasteiger partial charge < -0.3 is 10.1 Å². The second-order valence-electron chi connectivity index (χ2n) is 5.01. The van der Waals surface area contributed by atoms with Crippen molar-refractivity contribution in [3.63, 3.8) is 0 Å². The highest BCUT2D eigenvalue weighted by Crippen LogP contribution is 2.35. The predicted molar refractivity (Wildman–Crippen MR) is 84.2 cm³/mol. The number of fused-ring (bicyclic) bond motifs is 1. The number of aryl methyl sites for hydroxylation is 1. The van der Waals surface area contributed by atoms with Gasteiger partial charge in [-0.25, -0.2) is 0 Å². The van der Waals surface area contributed by atoms with Crippen molar-refractivity contribution < 1.29 is 4.74 Å². The Morgan fingerprint density at radius 2 is 2.25 bits per heavy atom. The summed E-state index contributed by atoms with van der Waals surface area (Å²) in [5, 5.41) is 3.61. The summed E-state index contributed by atoms with van der Waals surface area (Å²) in [6, 6.07) is 10.6. The molecule has 2 aromatic rings. The number of rotatable bonds is 2. The van der Waals surface area contributed by atoms with E-state index in [0.29, 0.717) is 0 Å². The van der Waals surface area contributed by atoms with E-state index in [2.05, 4.69) is 44.4 Å². The van der Waals surface area contributed by atoms with Crippen molar-refractivity contribution in [3.05, 3.63) is 52.3 Å². The smallest absolute Gasteiger partial charge is 0.125 e. The standard InChI is InChI=1S/C16H17BrN2O/c1-11-14(4-2-8-18-11)19-15-5-3-9-20-16-10-12(17)6-7-13(15)16/h2,4,6-8,10,15,19H,3,5,9H2,1H3. The molecular weight excluding hydrogens is 316 g/mol. The van der Waals surface area contributed by atoms with Crippen LogP contribution >= 0.6 is 15.9 Å². The van der Waals surface area contributed by atoms with Crippen LogP contribution in [0.25, 0.3) is 0 Å². The lowest BCUT2D eigenvalue weighted by atomic mass is 10.0. The third kappa shape index (κ3) is 2.80. The Balaban J connectivity index is 1.92. The molecule has 104 valence electrons. The zero-order valence-electron chi connectivity index (χ0n) is 11.4. The molecule has 0 radical (unpaired) electrons. The molecular formula is C16H17BrN2O. The number of nitrogens with one attached hydrogen (secondary N) is 1. The molecule has 0 saturated heterocycles. The van der Waals surface area contributed by atoms with Crippen LogP contribution in [0.3, 0.4) is 0 Å². The number of anilines is 1. The zero-order chi connectivity index (χ0) is 13.9. The van der Waals surface area contributed by atoms with Gasteiger partial charge in [0.05, 0.1) is 24.0 Å². The average molecular weight is 333 g/mol. The fourth-order valence-corrected chi connectivity index (χ4v) is 2.86. The third-order valence-electron chi connectivity index (χ3n) is 3.58. The lowest BCUT2D eigenvalue weighted by Crippen LogP contribution is -2.11. The van der Waals surface area contributed by atoms with Crippen LogP contribution in [0, 0.1) is 6.92 Å². The minimum atomic E-state index is 0.267. The van der Waals surface area contributed by atoms with E-state index in [1.54, 1.807) is 0 Å². The molecule has 1 aliphatic heterocycles. The van der Waals surface area contributed by atoms with Crippen molar-refractivity contribution in [2.75, 3.05) is 11.9 Å². The molecule has 0 amide bonds. The Bertz CT molecular complexity index is 615. The Labute approximate surface area is 127 Å². The average Bonchev–Trinajstić information content (AvgIpc) is 2.63. The molecule has 0 spiro atoms. The Morgan fingerprint density at radius 1 is 1.35 bits per heavy atom. The second kappa shape index (κ2) is 5.83. The van der Waals surface area contributed by atoms with Gasteiger partial charge in [-0.3, -0.25) is 4.98 Å². The summed E-state index contributed by atoms with van der Waals surface area (Å²) in [6.07, 6.45) is 3.92. The van der Waals surface area contributed by atoms with Gasteiger partial charge >= 0.3 is 0 Å². The van der Waals surface area contributed by atoms with E-state index in [0.717, 1.165) is 41.1 Å². The first kappa shape index (κ1) is 13.4. The largest absolute Gasteiger partial charge is 0.493 e. The van der Waals surface area contributed by atoms with Gasteiger partial charge in [0.2, 0.25) is 0 Å². The molecule has 1 unspecified atom stereocenters. The summed E-state index contributed by atoms with van der Waals surface area (Å²) in [5.74, 6) is 0.968. The summed E-state index contributed by atoms with van der Waals surface area (Å²) >= 11 is 3.50. The maximum absolute atomic E-state index is 5.84. The Morgan fingerprint density at radius 3 is 3.10 bits per heavy atom. The van der Waals surface area contributed by atoms with Gasteiger partial charge in [0.15, 0.2) is 0 Å². The Hall–Kier alpha value is -1.55. The van der Waals surface area contributed by atoms with Crippen LogP contribution in [0.5, 0.6) is 5.75 Å². The quantitative estimate of drug-likeness (QED) is 0.880. The summed E-state index contributed by atoms with van der Waals surface area (Å²) < 4.78 is 6.89. The number of hydrogen-bond acceptors (Lipinski definition) is 3. The first-order chi connectivity index (χ1) is 9.74. The van der Waals surface area contributed by atoms with E-state index in [4.69, 9.17) is 4.74 Å². The summed E-state index contributed by atoms with van der Waals surface area (Å²) in [5.41, 5.74) is 3.33. The number of pyridine rings is 1. The molecule has 1 aliphatic rings. The van der Waals surface area contributed by atoms with E-state index < -0.39 is 0 Å². The van der Waals surface area contributed by atoms with Gasteiger partial charge in [-0.2, -0.15) is 0 Å². The first-order valence-corrected chi connectivity index (χ1v) is 7.64. The molecule has 1 aromatic carbocycles. The van der Waals surface area contributed by atoms with Gasteiger partial charge in [0.1, 0.15) is 5.75 Å². The minimum Gasteiger partial charge on any atom is -0.493 e. The summed E-state index contributed by atoms with van der Waals surface area (Å²) in [6.45, 7) is 2.80. The van der Waals surface area contributed by atoms with Gasteiger partial charge in [0, 0.05) is 16.2 Å². The molecule has 3 rings (SSSR count). The van der Waals surface area contributed by atoms with Crippen molar-refractivity contribution in [1.82, 2.24) is 4.98 Å².